The van der Waals surface area contributed by atoms with Gasteiger partial charge >= 0.3 is 5.97 Å². The number of carboxylic acids is 1. The van der Waals surface area contributed by atoms with Gasteiger partial charge in [0.15, 0.2) is 0 Å². The summed E-state index contributed by atoms with van der Waals surface area (Å²) >= 11 is 5.89. The van der Waals surface area contributed by atoms with Crippen LogP contribution in [0, 0.1) is 0 Å². The highest BCUT2D eigenvalue weighted by Crippen LogP contribution is 2.23. The molecule has 5 heteroatoms. The van der Waals surface area contributed by atoms with Crippen molar-refractivity contribution in [2.45, 2.75) is 44.3 Å². The first-order chi connectivity index (χ1) is 9.56. The second-order valence-electron chi connectivity index (χ2n) is 5.43. The van der Waals surface area contributed by atoms with E-state index in [9.17, 15) is 4.79 Å². The van der Waals surface area contributed by atoms with Crippen molar-refractivity contribution in [1.82, 2.24) is 4.90 Å². The van der Waals surface area contributed by atoms with Gasteiger partial charge in [-0.05, 0) is 43.5 Å². The van der Waals surface area contributed by atoms with Gasteiger partial charge in [0.25, 0.3) is 0 Å². The fourth-order valence-corrected chi connectivity index (χ4v) is 2.88. The van der Waals surface area contributed by atoms with E-state index in [0.29, 0.717) is 6.42 Å². The Morgan fingerprint density at radius 3 is 2.75 bits per heavy atom. The second kappa shape index (κ2) is 7.07. The maximum absolute atomic E-state index is 10.9. The molecule has 1 aliphatic rings. The maximum Gasteiger partial charge on any atom is 0.320 e. The summed E-state index contributed by atoms with van der Waals surface area (Å²) in [5, 5.41) is 9.69. The largest absolute Gasteiger partial charge is 0.480 e. The molecule has 110 valence electrons. The van der Waals surface area contributed by atoms with E-state index >= 15 is 0 Å². The summed E-state index contributed by atoms with van der Waals surface area (Å²) in [6, 6.07) is 7.30. The van der Waals surface area contributed by atoms with Crippen LogP contribution in [-0.4, -0.2) is 34.6 Å². The topological polar surface area (TPSA) is 66.6 Å². The molecule has 4 nitrogen and oxygen atoms in total. The zero-order valence-electron chi connectivity index (χ0n) is 11.5. The molecule has 1 heterocycles. The number of halogens is 1. The van der Waals surface area contributed by atoms with Crippen molar-refractivity contribution in [1.29, 1.82) is 0 Å². The van der Waals surface area contributed by atoms with Gasteiger partial charge in [-0.15, -0.1) is 0 Å². The molecule has 2 atom stereocenters. The van der Waals surface area contributed by atoms with Gasteiger partial charge in [0, 0.05) is 17.6 Å². The third kappa shape index (κ3) is 4.20. The van der Waals surface area contributed by atoms with Crippen molar-refractivity contribution in [3.05, 3.63) is 34.9 Å². The highest BCUT2D eigenvalue weighted by molar-refractivity contribution is 6.30. The highest BCUT2D eigenvalue weighted by atomic mass is 35.5. The lowest BCUT2D eigenvalue weighted by atomic mass is 9.95. The Morgan fingerprint density at radius 1 is 1.40 bits per heavy atom. The number of hydrogen-bond donors (Lipinski definition) is 2. The summed E-state index contributed by atoms with van der Waals surface area (Å²) in [7, 11) is 0. The predicted molar refractivity (Wildman–Crippen MR) is 79.7 cm³/mol. The molecule has 1 saturated heterocycles. The highest BCUT2D eigenvalue weighted by Gasteiger charge is 2.26. The normalized spacial score (nSPS) is 21.6. The van der Waals surface area contributed by atoms with Crippen LogP contribution < -0.4 is 5.73 Å². The number of benzene rings is 1. The summed E-state index contributed by atoms with van der Waals surface area (Å²) < 4.78 is 0. The molecule has 0 bridgehead atoms. The Balaban J connectivity index is 1.99. The average molecular weight is 297 g/mol. The molecule has 20 heavy (non-hydrogen) atoms. The number of carbonyl (C=O) groups is 1. The Bertz CT molecular complexity index is 450. The molecule has 0 radical (unpaired) electrons. The number of nitrogens with zero attached hydrogens (tertiary/aromatic N) is 1. The van der Waals surface area contributed by atoms with E-state index in [1.165, 1.54) is 5.56 Å². The molecule has 3 N–H and O–H groups in total. The summed E-state index contributed by atoms with van der Waals surface area (Å²) in [6.07, 6.45) is 3.85. The van der Waals surface area contributed by atoms with Gasteiger partial charge in [0.1, 0.15) is 6.04 Å². The molecule has 2 unspecified atom stereocenters. The summed E-state index contributed by atoms with van der Waals surface area (Å²) in [5.41, 5.74) is 6.88. The van der Waals surface area contributed by atoms with E-state index < -0.39 is 12.0 Å². The van der Waals surface area contributed by atoms with Gasteiger partial charge in [0.2, 0.25) is 0 Å². The maximum atomic E-state index is 10.9. The van der Waals surface area contributed by atoms with Crippen LogP contribution in [0.15, 0.2) is 24.3 Å². The Labute approximate surface area is 124 Å². The van der Waals surface area contributed by atoms with Gasteiger partial charge < -0.3 is 10.8 Å². The van der Waals surface area contributed by atoms with Crippen LogP contribution in [0.5, 0.6) is 0 Å². The molecule has 1 fully saturated rings. The molecule has 1 aromatic carbocycles. The third-order valence-electron chi connectivity index (χ3n) is 3.89. The van der Waals surface area contributed by atoms with Gasteiger partial charge in [-0.1, -0.05) is 30.2 Å². The molecule has 0 spiro atoms. The quantitative estimate of drug-likeness (QED) is 0.876. The zero-order valence-corrected chi connectivity index (χ0v) is 12.2. The second-order valence-corrected chi connectivity index (χ2v) is 5.86. The van der Waals surface area contributed by atoms with E-state index in [2.05, 4.69) is 4.90 Å². The minimum atomic E-state index is -0.915. The number of likely N-dealkylation sites (tertiary alicyclic amines) is 1. The van der Waals surface area contributed by atoms with Crippen molar-refractivity contribution in [2.75, 3.05) is 6.54 Å². The lowest BCUT2D eigenvalue weighted by Crippen LogP contribution is -2.44. The predicted octanol–water partition coefficient (Wildman–Crippen LogP) is 2.50. The summed E-state index contributed by atoms with van der Waals surface area (Å²) in [4.78, 5) is 13.3. The van der Waals surface area contributed by atoms with E-state index in [1.54, 1.807) is 0 Å². The third-order valence-corrected chi connectivity index (χ3v) is 4.14. The molecule has 1 aliphatic heterocycles. The van der Waals surface area contributed by atoms with Crippen molar-refractivity contribution >= 4 is 17.6 Å². The van der Waals surface area contributed by atoms with E-state index in [-0.39, 0.29) is 6.04 Å². The lowest BCUT2D eigenvalue weighted by molar-refractivity contribution is -0.139. The molecule has 0 saturated carbocycles. The van der Waals surface area contributed by atoms with Gasteiger partial charge in [-0.3, -0.25) is 9.69 Å². The molecule has 0 aliphatic carbocycles. The van der Waals surface area contributed by atoms with Gasteiger partial charge in [0.05, 0.1) is 0 Å². The standard InChI is InChI=1S/C15H21ClN2O2/c16-12-6-4-11(5-7-12)10-18-8-2-1-3-13(18)9-14(17)15(19)20/h4-7,13-14H,1-3,8-10,17H2,(H,19,20). The van der Waals surface area contributed by atoms with Crippen molar-refractivity contribution in [3.8, 4) is 0 Å². The Hall–Kier alpha value is -1.10. The summed E-state index contributed by atoms with van der Waals surface area (Å²) in [6.45, 7) is 1.83. The summed E-state index contributed by atoms with van der Waals surface area (Å²) in [5.74, 6) is -0.915. The molecular formula is C15H21ClN2O2. The van der Waals surface area contributed by atoms with Crippen molar-refractivity contribution < 1.29 is 9.90 Å². The van der Waals surface area contributed by atoms with Crippen LogP contribution in [0.25, 0.3) is 0 Å². The van der Waals surface area contributed by atoms with Crippen LogP contribution in [0.4, 0.5) is 0 Å². The molecular weight excluding hydrogens is 276 g/mol. The van der Waals surface area contributed by atoms with Crippen LogP contribution in [0.1, 0.15) is 31.2 Å². The van der Waals surface area contributed by atoms with Crippen LogP contribution in [0.2, 0.25) is 5.02 Å². The lowest BCUT2D eigenvalue weighted by Gasteiger charge is -2.36. The molecule has 1 aromatic rings. The number of carboxylic acid groups (broad SMARTS) is 1. The van der Waals surface area contributed by atoms with E-state index in [4.69, 9.17) is 22.4 Å². The van der Waals surface area contributed by atoms with Crippen molar-refractivity contribution in [3.63, 3.8) is 0 Å². The Morgan fingerprint density at radius 2 is 2.10 bits per heavy atom. The molecule has 0 amide bonds. The van der Waals surface area contributed by atoms with E-state index in [1.807, 2.05) is 24.3 Å². The monoisotopic (exact) mass is 296 g/mol. The minimum Gasteiger partial charge on any atom is -0.480 e. The minimum absolute atomic E-state index is 0.255. The first-order valence-electron chi connectivity index (χ1n) is 7.03. The van der Waals surface area contributed by atoms with Gasteiger partial charge in [-0.2, -0.15) is 0 Å². The zero-order chi connectivity index (χ0) is 14.5. The first-order valence-corrected chi connectivity index (χ1v) is 7.41. The molecule has 0 aromatic heterocycles. The number of aliphatic carboxylic acids is 1. The molecule has 2 rings (SSSR count). The first kappa shape index (κ1) is 15.3. The van der Waals surface area contributed by atoms with Crippen molar-refractivity contribution in [2.24, 2.45) is 5.73 Å². The SMILES string of the molecule is NC(CC1CCCCN1Cc1ccc(Cl)cc1)C(=O)O. The number of nitrogens with two attached hydrogens (primary N) is 1. The van der Waals surface area contributed by atoms with E-state index in [0.717, 1.165) is 37.4 Å². The van der Waals surface area contributed by atoms with Crippen LogP contribution >= 0.6 is 11.6 Å². The van der Waals surface area contributed by atoms with Crippen LogP contribution in [-0.2, 0) is 11.3 Å². The smallest absolute Gasteiger partial charge is 0.320 e. The fraction of sp³-hybridized carbons (Fsp3) is 0.533. The number of hydrogen-bond acceptors (Lipinski definition) is 3. The number of rotatable bonds is 5. The Kier molecular flexibility index (Phi) is 5.40. The average Bonchev–Trinajstić information content (AvgIpc) is 2.43. The number of piperidine rings is 1. The van der Waals surface area contributed by atoms with Crippen LogP contribution in [0.3, 0.4) is 0 Å². The fourth-order valence-electron chi connectivity index (χ4n) is 2.75. The van der Waals surface area contributed by atoms with Gasteiger partial charge in [-0.25, -0.2) is 0 Å².